The van der Waals surface area contributed by atoms with Gasteiger partial charge in [0.1, 0.15) is 18.5 Å². The average Bonchev–Trinajstić information content (AvgIpc) is 2.89. The number of carbonyl (C=O) groups is 4. The molecule has 1 aliphatic heterocycles. The smallest absolute Gasteiger partial charge is 0.351 e. The molecule has 0 unspecified atom stereocenters. The Balaban J connectivity index is 2.40. The van der Waals surface area contributed by atoms with Crippen LogP contribution in [0, 0.1) is 0 Å². The molecular formula is C17H21N3O9. The number of esters is 3. The fraction of sp³-hybridized carbons (Fsp3) is 0.529. The van der Waals surface area contributed by atoms with Crippen molar-refractivity contribution in [1.82, 2.24) is 9.55 Å². The molecule has 0 aliphatic carbocycles. The molecule has 2 rings (SSSR count). The van der Waals surface area contributed by atoms with Crippen molar-refractivity contribution in [3.05, 3.63) is 22.7 Å². The Bertz CT molecular complexity index is 866. The third kappa shape index (κ3) is 5.85. The van der Waals surface area contributed by atoms with Crippen LogP contribution in [-0.4, -0.2) is 58.3 Å². The second kappa shape index (κ2) is 9.28. The van der Waals surface area contributed by atoms with Crippen LogP contribution in [0.3, 0.4) is 0 Å². The van der Waals surface area contributed by atoms with E-state index in [0.717, 1.165) is 18.4 Å². The molecule has 1 aromatic heterocycles. The molecule has 158 valence electrons. The molecule has 0 aromatic carbocycles. The van der Waals surface area contributed by atoms with Crippen molar-refractivity contribution < 1.29 is 38.1 Å². The molecule has 0 bridgehead atoms. The molecule has 2 heterocycles. The fourth-order valence-electron chi connectivity index (χ4n) is 2.77. The van der Waals surface area contributed by atoms with Gasteiger partial charge in [-0.25, -0.2) is 4.79 Å². The minimum absolute atomic E-state index is 0.0220. The molecule has 29 heavy (non-hydrogen) atoms. The monoisotopic (exact) mass is 411 g/mol. The van der Waals surface area contributed by atoms with Crippen LogP contribution in [0.2, 0.25) is 0 Å². The Morgan fingerprint density at radius 3 is 2.21 bits per heavy atom. The minimum atomic E-state index is -1.21. The van der Waals surface area contributed by atoms with Gasteiger partial charge in [0.15, 0.2) is 18.4 Å². The number of hydrogen-bond acceptors (Lipinski definition) is 10. The summed E-state index contributed by atoms with van der Waals surface area (Å²) in [5.41, 5.74) is -0.812. The maximum absolute atomic E-state index is 12.4. The largest absolute Gasteiger partial charge is 0.463 e. The highest BCUT2D eigenvalue weighted by Crippen LogP contribution is 2.33. The highest BCUT2D eigenvalue weighted by atomic mass is 16.7. The molecule has 12 nitrogen and oxygen atoms in total. The summed E-state index contributed by atoms with van der Waals surface area (Å²) in [5, 5.41) is 2.37. The number of aromatic nitrogens is 2. The minimum Gasteiger partial charge on any atom is -0.463 e. The van der Waals surface area contributed by atoms with Crippen LogP contribution in [0.15, 0.2) is 17.1 Å². The van der Waals surface area contributed by atoms with Crippen molar-refractivity contribution in [3.8, 4) is 0 Å². The molecule has 1 fully saturated rings. The van der Waals surface area contributed by atoms with Crippen LogP contribution in [0.4, 0.5) is 5.82 Å². The predicted octanol–water partition coefficient (Wildman–Crippen LogP) is -0.474. The van der Waals surface area contributed by atoms with Gasteiger partial charge in [-0.3, -0.25) is 23.7 Å². The van der Waals surface area contributed by atoms with E-state index in [0.29, 0.717) is 0 Å². The van der Waals surface area contributed by atoms with Crippen molar-refractivity contribution in [2.75, 3.05) is 11.9 Å². The molecule has 1 amide bonds. The summed E-state index contributed by atoms with van der Waals surface area (Å²) in [6.07, 6.45) is -3.28. The van der Waals surface area contributed by atoms with Crippen molar-refractivity contribution in [2.45, 2.75) is 52.2 Å². The van der Waals surface area contributed by atoms with Crippen molar-refractivity contribution in [2.24, 2.45) is 0 Å². The van der Waals surface area contributed by atoms with Crippen LogP contribution < -0.4 is 11.0 Å². The average molecular weight is 411 g/mol. The lowest BCUT2D eigenvalue weighted by atomic mass is 10.1. The summed E-state index contributed by atoms with van der Waals surface area (Å²) in [6.45, 7) is 4.44. The second-order valence-corrected chi connectivity index (χ2v) is 6.20. The fourth-order valence-corrected chi connectivity index (χ4v) is 2.77. The molecule has 12 heteroatoms. The van der Waals surface area contributed by atoms with Crippen molar-refractivity contribution >= 4 is 29.6 Å². The quantitative estimate of drug-likeness (QED) is 0.480. The maximum Gasteiger partial charge on any atom is 0.351 e. The highest BCUT2D eigenvalue weighted by Gasteiger charge is 2.50. The lowest BCUT2D eigenvalue weighted by Crippen LogP contribution is -2.41. The first kappa shape index (κ1) is 22.0. The summed E-state index contributed by atoms with van der Waals surface area (Å²) >= 11 is 0. The number of nitrogens with one attached hydrogen (secondary N) is 1. The first-order valence-corrected chi connectivity index (χ1v) is 8.58. The first-order valence-electron chi connectivity index (χ1n) is 8.58. The Labute approximate surface area is 165 Å². The van der Waals surface area contributed by atoms with Gasteiger partial charge in [-0.1, -0.05) is 0 Å². The third-order valence-electron chi connectivity index (χ3n) is 3.75. The zero-order valence-corrected chi connectivity index (χ0v) is 16.2. The van der Waals surface area contributed by atoms with E-state index in [9.17, 15) is 24.0 Å². The van der Waals surface area contributed by atoms with Crippen LogP contribution in [0.25, 0.3) is 0 Å². The van der Waals surface area contributed by atoms with E-state index in [1.54, 1.807) is 0 Å². The van der Waals surface area contributed by atoms with Gasteiger partial charge >= 0.3 is 23.6 Å². The molecule has 1 aromatic rings. The van der Waals surface area contributed by atoms with Crippen LogP contribution in [0.5, 0.6) is 0 Å². The van der Waals surface area contributed by atoms with Crippen LogP contribution in [-0.2, 0) is 38.1 Å². The van der Waals surface area contributed by atoms with Gasteiger partial charge in [0.25, 0.3) is 0 Å². The Kier molecular flexibility index (Phi) is 7.04. The second-order valence-electron chi connectivity index (χ2n) is 6.20. The van der Waals surface area contributed by atoms with E-state index in [4.69, 9.17) is 18.9 Å². The number of ether oxygens (including phenoxy) is 4. The predicted molar refractivity (Wildman–Crippen MR) is 94.5 cm³/mol. The Morgan fingerprint density at radius 1 is 1.07 bits per heavy atom. The van der Waals surface area contributed by atoms with Gasteiger partial charge in [0.2, 0.25) is 5.91 Å². The van der Waals surface area contributed by atoms with Crippen LogP contribution in [0.1, 0.15) is 33.9 Å². The van der Waals surface area contributed by atoms with Gasteiger partial charge in [-0.05, 0) is 6.07 Å². The Morgan fingerprint density at radius 2 is 1.69 bits per heavy atom. The van der Waals surface area contributed by atoms with Gasteiger partial charge in [0, 0.05) is 33.9 Å². The van der Waals surface area contributed by atoms with E-state index in [2.05, 4.69) is 10.3 Å². The zero-order valence-electron chi connectivity index (χ0n) is 16.2. The van der Waals surface area contributed by atoms with Gasteiger partial charge in [0.05, 0.1) is 0 Å². The lowest BCUT2D eigenvalue weighted by Gasteiger charge is -2.23. The molecule has 1 N–H and O–H groups in total. The number of carbonyl (C=O) groups excluding carboxylic acids is 4. The number of amides is 1. The molecule has 1 saturated heterocycles. The van der Waals surface area contributed by atoms with Gasteiger partial charge in [-0.15, -0.1) is 0 Å². The number of rotatable bonds is 6. The van der Waals surface area contributed by atoms with E-state index in [1.807, 2.05) is 0 Å². The summed E-state index contributed by atoms with van der Waals surface area (Å²) < 4.78 is 22.1. The zero-order chi connectivity index (χ0) is 21.7. The normalized spacial score (nSPS) is 23.2. The standard InChI is InChI=1S/C17H21N3O9/c1-8(21)18-13-5-6-20(17(25)19-13)16-15(28-11(4)24)14(27-10(3)23)12(29-16)7-26-9(2)22/h5-6,12,14-16H,7H2,1-4H3,(H,18,19,21,25)/t12-,14+,15+,16-/m0/s1. The van der Waals surface area contributed by atoms with Crippen LogP contribution >= 0.6 is 0 Å². The SMILES string of the molecule is CC(=O)Nc1ccn([C@H]2O[C@@H](COC(C)=O)[C@@H](OC(C)=O)[C@H]2OC(C)=O)c(=O)n1. The summed E-state index contributed by atoms with van der Waals surface area (Å²) in [6, 6.07) is 1.34. The number of nitrogens with zero attached hydrogens (tertiary/aromatic N) is 2. The van der Waals surface area contributed by atoms with Crippen molar-refractivity contribution in [3.63, 3.8) is 0 Å². The summed E-state index contributed by atoms with van der Waals surface area (Å²) in [7, 11) is 0. The van der Waals surface area contributed by atoms with E-state index in [1.165, 1.54) is 26.1 Å². The van der Waals surface area contributed by atoms with Crippen molar-refractivity contribution in [1.29, 1.82) is 0 Å². The summed E-state index contributed by atoms with van der Waals surface area (Å²) in [5.74, 6) is -2.38. The van der Waals surface area contributed by atoms with E-state index in [-0.39, 0.29) is 12.4 Å². The molecular weight excluding hydrogens is 390 g/mol. The molecule has 1 aliphatic rings. The highest BCUT2D eigenvalue weighted by molar-refractivity contribution is 5.87. The van der Waals surface area contributed by atoms with Gasteiger partial charge < -0.3 is 24.3 Å². The molecule has 0 saturated carbocycles. The number of hydrogen-bond donors (Lipinski definition) is 1. The Hall–Kier alpha value is -3.28. The topological polar surface area (TPSA) is 152 Å². The maximum atomic E-state index is 12.4. The van der Waals surface area contributed by atoms with E-state index < -0.39 is 54.0 Å². The first-order chi connectivity index (χ1) is 13.6. The molecule has 0 spiro atoms. The molecule has 0 radical (unpaired) electrons. The third-order valence-corrected chi connectivity index (χ3v) is 3.75. The molecule has 4 atom stereocenters. The van der Waals surface area contributed by atoms with E-state index >= 15 is 0 Å². The number of anilines is 1. The summed E-state index contributed by atoms with van der Waals surface area (Å²) in [4.78, 5) is 61.5. The van der Waals surface area contributed by atoms with Gasteiger partial charge in [-0.2, -0.15) is 4.98 Å². The lowest BCUT2D eigenvalue weighted by molar-refractivity contribution is -0.166.